The number of nitrogens with zero attached hydrogens (tertiary/aromatic N) is 5. The van der Waals surface area contributed by atoms with Crippen molar-refractivity contribution in [1.29, 1.82) is 0 Å². The summed E-state index contributed by atoms with van der Waals surface area (Å²) >= 11 is 0. The van der Waals surface area contributed by atoms with Crippen molar-refractivity contribution in [3.8, 4) is 0 Å². The maximum absolute atomic E-state index is 4.79. The molecule has 0 unspecified atom stereocenters. The molecular weight excluding hydrogens is 322 g/mol. The molecule has 4 heterocycles. The molecule has 26 heavy (non-hydrogen) atoms. The second-order valence-electron chi connectivity index (χ2n) is 7.66. The average molecular weight is 345 g/mol. The highest BCUT2D eigenvalue weighted by molar-refractivity contribution is 6.05. The predicted molar refractivity (Wildman–Crippen MR) is 104 cm³/mol. The lowest BCUT2D eigenvalue weighted by molar-refractivity contribution is -0.149. The van der Waals surface area contributed by atoms with E-state index < -0.39 is 0 Å². The molecule has 4 saturated heterocycles. The monoisotopic (exact) mass is 345 g/mol. The minimum Gasteiger partial charge on any atom is -0.276 e. The van der Waals surface area contributed by atoms with Crippen LogP contribution in [0, 0.1) is 5.41 Å². The third-order valence-corrected chi connectivity index (χ3v) is 5.49. The summed E-state index contributed by atoms with van der Waals surface area (Å²) in [6.07, 6.45) is 1.85. The zero-order valence-corrected chi connectivity index (χ0v) is 14.8. The van der Waals surface area contributed by atoms with E-state index in [0.29, 0.717) is 0 Å². The van der Waals surface area contributed by atoms with Crippen LogP contribution in [-0.4, -0.2) is 66.3 Å². The lowest BCUT2D eigenvalue weighted by Crippen LogP contribution is -2.74. The van der Waals surface area contributed by atoms with Gasteiger partial charge in [0, 0.05) is 19.6 Å². The minimum atomic E-state index is 0.0319. The van der Waals surface area contributed by atoms with Crippen molar-refractivity contribution in [2.45, 2.75) is 0 Å². The van der Waals surface area contributed by atoms with Crippen molar-refractivity contribution >= 4 is 11.9 Å². The van der Waals surface area contributed by atoms with Crippen LogP contribution in [0.15, 0.2) is 70.9 Å². The average Bonchev–Trinajstić information content (AvgIpc) is 2.65. The van der Waals surface area contributed by atoms with E-state index in [-0.39, 0.29) is 5.41 Å². The zero-order valence-electron chi connectivity index (χ0n) is 14.8. The van der Waals surface area contributed by atoms with Gasteiger partial charge >= 0.3 is 0 Å². The van der Waals surface area contributed by atoms with E-state index in [1.54, 1.807) is 0 Å². The predicted octanol–water partition coefficient (Wildman–Crippen LogP) is 2.32. The first-order chi connectivity index (χ1) is 12.8. The topological polar surface area (TPSA) is 34.4 Å². The smallest absolute Gasteiger partial charge is 0.0802 e. The van der Waals surface area contributed by atoms with Crippen LogP contribution >= 0.6 is 0 Å². The summed E-state index contributed by atoms with van der Waals surface area (Å²) in [6.45, 7) is 6.42. The molecule has 6 rings (SSSR count). The van der Waals surface area contributed by atoms with Crippen LogP contribution in [0.1, 0.15) is 11.1 Å². The van der Waals surface area contributed by atoms with E-state index in [1.165, 1.54) is 5.56 Å². The highest BCUT2D eigenvalue weighted by Gasteiger charge is 2.51. The number of hydrogen-bond donors (Lipinski definition) is 0. The van der Waals surface area contributed by atoms with E-state index in [0.717, 1.165) is 50.9 Å². The molecule has 0 radical (unpaired) electrons. The Labute approximate surface area is 154 Å². The summed E-state index contributed by atoms with van der Waals surface area (Å²) in [5.74, 6) is 0. The largest absolute Gasteiger partial charge is 0.276 e. The molecule has 0 saturated carbocycles. The molecule has 4 aliphatic rings. The quantitative estimate of drug-likeness (QED) is 0.630. The maximum atomic E-state index is 4.79. The van der Waals surface area contributed by atoms with Gasteiger partial charge in [-0.1, -0.05) is 60.7 Å². The van der Waals surface area contributed by atoms with Crippen LogP contribution in [0.2, 0.25) is 0 Å². The molecule has 4 aliphatic heterocycles. The van der Waals surface area contributed by atoms with Gasteiger partial charge in [0.15, 0.2) is 0 Å². The molecular formula is C21H23N5. The standard InChI is InChI=1S/C21H23N5/c1-3-7-18(8-4-1)11-22-23-20(19-9-5-2-6-10-19)21-12-24-15-25(13-21)17-26(14-21)16-24/h1-11H,12-17H2/b22-11+,23-20?. The number of benzene rings is 2. The molecule has 2 aromatic carbocycles. The minimum absolute atomic E-state index is 0.0319. The normalized spacial score (nSPS) is 33.1. The summed E-state index contributed by atoms with van der Waals surface area (Å²) in [5, 5.41) is 9.27. The van der Waals surface area contributed by atoms with Gasteiger partial charge in [-0.05, 0) is 11.1 Å². The van der Waals surface area contributed by atoms with Crippen LogP contribution in [0.4, 0.5) is 0 Å². The second kappa shape index (κ2) is 6.43. The molecule has 4 bridgehead atoms. The van der Waals surface area contributed by atoms with E-state index in [1.807, 2.05) is 24.4 Å². The molecule has 0 aromatic heterocycles. The number of hydrogen-bond acceptors (Lipinski definition) is 5. The third-order valence-electron chi connectivity index (χ3n) is 5.49. The van der Waals surface area contributed by atoms with E-state index >= 15 is 0 Å². The van der Waals surface area contributed by atoms with Gasteiger partial charge in [-0.3, -0.25) is 14.7 Å². The molecule has 0 aliphatic carbocycles. The fraction of sp³-hybridized carbons (Fsp3) is 0.333. The molecule has 0 N–H and O–H groups in total. The van der Waals surface area contributed by atoms with Gasteiger partial charge in [-0.25, -0.2) is 0 Å². The molecule has 2 aromatic rings. The van der Waals surface area contributed by atoms with Crippen molar-refractivity contribution in [3.63, 3.8) is 0 Å². The highest BCUT2D eigenvalue weighted by atomic mass is 15.5. The zero-order chi connectivity index (χ0) is 17.4. The Kier molecular flexibility index (Phi) is 3.93. The van der Waals surface area contributed by atoms with E-state index in [4.69, 9.17) is 5.10 Å². The van der Waals surface area contributed by atoms with Gasteiger partial charge in [0.2, 0.25) is 0 Å². The fourth-order valence-electron chi connectivity index (χ4n) is 4.70. The summed E-state index contributed by atoms with van der Waals surface area (Å²) < 4.78 is 0. The van der Waals surface area contributed by atoms with Gasteiger partial charge in [0.05, 0.1) is 37.3 Å². The van der Waals surface area contributed by atoms with Crippen molar-refractivity contribution in [1.82, 2.24) is 14.7 Å². The number of rotatable bonds is 4. The van der Waals surface area contributed by atoms with Crippen molar-refractivity contribution in [2.75, 3.05) is 39.6 Å². The first-order valence-electron chi connectivity index (χ1n) is 9.20. The van der Waals surface area contributed by atoms with E-state index in [9.17, 15) is 0 Å². The lowest BCUT2D eigenvalue weighted by atomic mass is 9.74. The maximum Gasteiger partial charge on any atom is 0.0802 e. The lowest BCUT2D eigenvalue weighted by Gasteiger charge is -2.60. The fourth-order valence-corrected chi connectivity index (χ4v) is 4.70. The van der Waals surface area contributed by atoms with Crippen LogP contribution in [0.5, 0.6) is 0 Å². The molecule has 132 valence electrons. The Hall–Kier alpha value is -2.34. The molecule has 5 heteroatoms. The van der Waals surface area contributed by atoms with Crippen LogP contribution in [0.25, 0.3) is 0 Å². The molecule has 5 nitrogen and oxygen atoms in total. The van der Waals surface area contributed by atoms with Crippen molar-refractivity contribution in [3.05, 3.63) is 71.8 Å². The molecule has 4 fully saturated rings. The SMILES string of the molecule is C(=N\N=C(c1ccccc1)C12CN3CN(CN(C3)C1)C2)/c1ccccc1. The van der Waals surface area contributed by atoms with Gasteiger partial charge in [-0.15, -0.1) is 0 Å². The van der Waals surface area contributed by atoms with Crippen LogP contribution < -0.4 is 0 Å². The third kappa shape index (κ3) is 2.88. The summed E-state index contributed by atoms with van der Waals surface area (Å²) in [6, 6.07) is 20.7. The Morgan fingerprint density at radius 2 is 1.31 bits per heavy atom. The Morgan fingerprint density at radius 3 is 1.88 bits per heavy atom. The van der Waals surface area contributed by atoms with Crippen molar-refractivity contribution < 1.29 is 0 Å². The van der Waals surface area contributed by atoms with Crippen LogP contribution in [0.3, 0.4) is 0 Å². The summed E-state index contributed by atoms with van der Waals surface area (Å²) in [7, 11) is 0. The first-order valence-corrected chi connectivity index (χ1v) is 9.20. The van der Waals surface area contributed by atoms with Gasteiger partial charge in [-0.2, -0.15) is 10.2 Å². The van der Waals surface area contributed by atoms with Gasteiger partial charge in [0.1, 0.15) is 0 Å². The molecule has 0 amide bonds. The molecule has 0 atom stereocenters. The summed E-state index contributed by atoms with van der Waals surface area (Å²) in [5.41, 5.74) is 3.41. The Morgan fingerprint density at radius 1 is 0.769 bits per heavy atom. The molecule has 0 spiro atoms. The highest BCUT2D eigenvalue weighted by Crippen LogP contribution is 2.38. The van der Waals surface area contributed by atoms with Crippen LogP contribution in [-0.2, 0) is 0 Å². The Balaban J connectivity index is 1.53. The Bertz CT molecular complexity index is 793. The van der Waals surface area contributed by atoms with Gasteiger partial charge < -0.3 is 0 Å². The van der Waals surface area contributed by atoms with Gasteiger partial charge in [0.25, 0.3) is 0 Å². The first kappa shape index (κ1) is 15.9. The van der Waals surface area contributed by atoms with E-state index in [2.05, 4.69) is 62.3 Å². The second-order valence-corrected chi connectivity index (χ2v) is 7.66. The van der Waals surface area contributed by atoms with Crippen molar-refractivity contribution in [2.24, 2.45) is 15.6 Å². The summed E-state index contributed by atoms with van der Waals surface area (Å²) in [4.78, 5) is 7.57.